The van der Waals surface area contributed by atoms with E-state index in [0.29, 0.717) is 0 Å². The molecule has 2 atom stereocenters. The summed E-state index contributed by atoms with van der Waals surface area (Å²) in [6, 6.07) is 33.6. The lowest BCUT2D eigenvalue weighted by atomic mass is 9.36. The van der Waals surface area contributed by atoms with Gasteiger partial charge in [0.15, 0.2) is 0 Å². The predicted molar refractivity (Wildman–Crippen MR) is 267 cm³/mol. The standard InChI is InChI=1S/C56H62BClN2S/c1-51(2,3)34-20-21-43(37(26-34)33-18-14-13-15-19-33)59-44-29-36(58)30-45-47(44)57(50-48(59)38-31-39-40(32-46(38)61-50)54(9,10)25-24-53(39,7)8)42-28-35(52(4,5)6)27-41-49(42)60(45)56(12)23-17-16-22-55(41,56)11/h13-15,18-21,26-32H,16-17,22-25H2,1-12H3. The van der Waals surface area contributed by atoms with Crippen molar-refractivity contribution in [1.29, 1.82) is 0 Å². The third kappa shape index (κ3) is 5.40. The second-order valence-corrected chi connectivity index (χ2v) is 24.8. The summed E-state index contributed by atoms with van der Waals surface area (Å²) in [5.41, 5.74) is 19.4. The van der Waals surface area contributed by atoms with Crippen LogP contribution < -0.4 is 25.5 Å². The highest BCUT2D eigenvalue weighted by molar-refractivity contribution is 7.33. The Morgan fingerprint density at radius 3 is 1.97 bits per heavy atom. The second kappa shape index (κ2) is 12.6. The second-order valence-electron chi connectivity index (χ2n) is 23.3. The maximum absolute atomic E-state index is 7.57. The maximum atomic E-state index is 7.57. The zero-order valence-corrected chi connectivity index (χ0v) is 40.2. The van der Waals surface area contributed by atoms with Crippen LogP contribution in [0.3, 0.4) is 0 Å². The molecule has 2 aliphatic carbocycles. The summed E-state index contributed by atoms with van der Waals surface area (Å²) in [6.07, 6.45) is 7.26. The van der Waals surface area contributed by atoms with Gasteiger partial charge in [0, 0.05) is 47.9 Å². The summed E-state index contributed by atoms with van der Waals surface area (Å²) in [5, 5.41) is 2.17. The van der Waals surface area contributed by atoms with Gasteiger partial charge in [-0.25, -0.2) is 0 Å². The van der Waals surface area contributed by atoms with Crippen LogP contribution in [0, 0.1) is 0 Å². The van der Waals surface area contributed by atoms with Crippen LogP contribution in [0.15, 0.2) is 84.9 Å². The Labute approximate surface area is 374 Å². The average Bonchev–Trinajstić information content (AvgIpc) is 3.67. The van der Waals surface area contributed by atoms with E-state index in [9.17, 15) is 0 Å². The van der Waals surface area contributed by atoms with E-state index in [2.05, 4.69) is 189 Å². The minimum Gasteiger partial charge on any atom is -0.335 e. The summed E-state index contributed by atoms with van der Waals surface area (Å²) in [6.45, 7) is 29.4. The molecule has 6 aromatic rings. The van der Waals surface area contributed by atoms with E-state index < -0.39 is 0 Å². The zero-order valence-electron chi connectivity index (χ0n) is 38.6. The molecule has 2 nitrogen and oxygen atoms in total. The van der Waals surface area contributed by atoms with E-state index >= 15 is 0 Å². The molecule has 1 fully saturated rings. The minimum atomic E-state index is -0.0761. The van der Waals surface area contributed by atoms with E-state index in [-0.39, 0.29) is 39.3 Å². The number of hydrogen-bond acceptors (Lipinski definition) is 3. The first kappa shape index (κ1) is 39.8. The Bertz CT molecular complexity index is 2850. The first-order valence-electron chi connectivity index (χ1n) is 23.1. The number of halogens is 1. The maximum Gasteiger partial charge on any atom is 0.264 e. The zero-order chi connectivity index (χ0) is 43.0. The van der Waals surface area contributed by atoms with Gasteiger partial charge < -0.3 is 9.80 Å². The molecule has 4 heterocycles. The van der Waals surface area contributed by atoms with Gasteiger partial charge in [0.1, 0.15) is 0 Å². The molecule has 1 aromatic heterocycles. The number of hydrogen-bond donors (Lipinski definition) is 0. The molecule has 0 saturated heterocycles. The molecule has 5 aliphatic rings. The van der Waals surface area contributed by atoms with Gasteiger partial charge in [0.2, 0.25) is 0 Å². The van der Waals surface area contributed by atoms with Crippen molar-refractivity contribution in [2.75, 3.05) is 9.80 Å². The molecule has 0 bridgehead atoms. The Kier molecular flexibility index (Phi) is 8.23. The van der Waals surface area contributed by atoms with Crippen molar-refractivity contribution >= 4 is 83.9 Å². The van der Waals surface area contributed by atoms with Gasteiger partial charge in [0.25, 0.3) is 6.71 Å². The van der Waals surface area contributed by atoms with E-state index in [0.717, 1.165) is 11.4 Å². The molecule has 1 saturated carbocycles. The predicted octanol–water partition coefficient (Wildman–Crippen LogP) is 14.5. The largest absolute Gasteiger partial charge is 0.335 e. The van der Waals surface area contributed by atoms with Gasteiger partial charge in [-0.2, -0.15) is 0 Å². The summed E-state index contributed by atoms with van der Waals surface area (Å²) in [5.74, 6) is 0. The number of thiophene rings is 1. The van der Waals surface area contributed by atoms with E-state index in [1.807, 2.05) is 0 Å². The summed E-state index contributed by atoms with van der Waals surface area (Å²) >= 11 is 9.62. The van der Waals surface area contributed by atoms with Crippen LogP contribution in [-0.2, 0) is 27.1 Å². The normalized spacial score (nSPS) is 23.1. The van der Waals surface area contributed by atoms with Crippen molar-refractivity contribution in [3.63, 3.8) is 0 Å². The highest BCUT2D eigenvalue weighted by atomic mass is 35.5. The Balaban J connectivity index is 1.31. The molecular weight excluding hydrogens is 779 g/mol. The molecule has 11 rings (SSSR count). The summed E-state index contributed by atoms with van der Waals surface area (Å²) < 4.78 is 2.85. The molecule has 61 heavy (non-hydrogen) atoms. The number of anilines is 5. The molecule has 312 valence electrons. The number of rotatable bonds is 2. The molecule has 0 amide bonds. The number of benzene rings is 5. The van der Waals surface area contributed by atoms with Crippen molar-refractivity contribution in [2.45, 2.75) is 154 Å². The SMILES string of the molecule is CC(C)(C)c1ccc(N2c3cc(Cl)cc4c3B(c3cc(C(C)(C)C)cc5c3N4C3(C)CCCCC53C)c3sc4cc5c(cc4c32)C(C)(C)CCC5(C)C)c(-c2ccccc2)c1. The van der Waals surface area contributed by atoms with Crippen molar-refractivity contribution in [2.24, 2.45) is 0 Å². The molecule has 0 radical (unpaired) electrons. The Morgan fingerprint density at radius 1 is 0.623 bits per heavy atom. The highest BCUT2D eigenvalue weighted by Gasteiger charge is 2.62. The van der Waals surface area contributed by atoms with Gasteiger partial charge in [0.05, 0.1) is 16.9 Å². The van der Waals surface area contributed by atoms with E-state index in [1.54, 1.807) is 5.56 Å². The summed E-state index contributed by atoms with van der Waals surface area (Å²) in [7, 11) is 0. The third-order valence-corrected chi connectivity index (χ3v) is 18.0. The lowest BCUT2D eigenvalue weighted by molar-refractivity contribution is 0.195. The van der Waals surface area contributed by atoms with Crippen LogP contribution in [-0.4, -0.2) is 12.3 Å². The molecule has 5 heteroatoms. The van der Waals surface area contributed by atoms with Crippen LogP contribution >= 0.6 is 22.9 Å². The number of nitrogens with zero attached hydrogens (tertiary/aromatic N) is 2. The van der Waals surface area contributed by atoms with Gasteiger partial charge in [-0.3, -0.25) is 0 Å². The van der Waals surface area contributed by atoms with Gasteiger partial charge >= 0.3 is 0 Å². The Morgan fingerprint density at radius 2 is 1.28 bits per heavy atom. The minimum absolute atomic E-state index is 0.00276. The van der Waals surface area contributed by atoms with E-state index in [4.69, 9.17) is 11.6 Å². The van der Waals surface area contributed by atoms with Gasteiger partial charge in [-0.15, -0.1) is 11.3 Å². The fraction of sp³-hybridized carbons (Fsp3) is 0.429. The van der Waals surface area contributed by atoms with Gasteiger partial charge in [-0.1, -0.05) is 149 Å². The number of fused-ring (bicyclic) bond motifs is 10. The topological polar surface area (TPSA) is 6.48 Å². The van der Waals surface area contributed by atoms with Crippen LogP contribution in [0.4, 0.5) is 28.4 Å². The van der Waals surface area contributed by atoms with Crippen LogP contribution in [0.5, 0.6) is 0 Å². The molecular formula is C56H62BClN2S. The highest BCUT2D eigenvalue weighted by Crippen LogP contribution is 2.63. The fourth-order valence-electron chi connectivity index (χ4n) is 12.6. The van der Waals surface area contributed by atoms with Crippen LogP contribution in [0.25, 0.3) is 21.2 Å². The van der Waals surface area contributed by atoms with Crippen molar-refractivity contribution in [1.82, 2.24) is 0 Å². The lowest BCUT2D eigenvalue weighted by Gasteiger charge is -2.52. The Hall–Kier alpha value is -3.99. The summed E-state index contributed by atoms with van der Waals surface area (Å²) in [4.78, 5) is 5.50. The van der Waals surface area contributed by atoms with E-state index in [1.165, 1.54) is 120 Å². The average molecular weight is 841 g/mol. The monoisotopic (exact) mass is 840 g/mol. The smallest absolute Gasteiger partial charge is 0.264 e. The van der Waals surface area contributed by atoms with Crippen molar-refractivity contribution in [3.8, 4) is 11.1 Å². The third-order valence-electron chi connectivity index (χ3n) is 16.6. The molecule has 0 N–H and O–H groups in total. The van der Waals surface area contributed by atoms with Crippen LogP contribution in [0.1, 0.15) is 149 Å². The molecule has 2 unspecified atom stereocenters. The van der Waals surface area contributed by atoms with Crippen LogP contribution in [0.2, 0.25) is 5.02 Å². The molecule has 5 aromatic carbocycles. The van der Waals surface area contributed by atoms with Crippen molar-refractivity contribution < 1.29 is 0 Å². The first-order valence-corrected chi connectivity index (χ1v) is 24.3. The fourth-order valence-corrected chi connectivity index (χ4v) is 14.1. The quantitative estimate of drug-likeness (QED) is 0.160. The molecule has 0 spiro atoms. The lowest BCUT2D eigenvalue weighted by Crippen LogP contribution is -2.64. The molecule has 3 aliphatic heterocycles. The van der Waals surface area contributed by atoms with Gasteiger partial charge in [-0.05, 0) is 135 Å². The first-order chi connectivity index (χ1) is 28.6. The van der Waals surface area contributed by atoms with Crippen molar-refractivity contribution in [3.05, 3.63) is 118 Å².